The minimum absolute atomic E-state index is 0.0151. The van der Waals surface area contributed by atoms with Gasteiger partial charge in [0, 0.05) is 12.1 Å². The summed E-state index contributed by atoms with van der Waals surface area (Å²) in [6.07, 6.45) is 0.349. The molecule has 0 aliphatic carbocycles. The maximum absolute atomic E-state index is 9.18. The van der Waals surface area contributed by atoms with E-state index in [1.165, 1.54) is 0 Å². The zero-order valence-corrected chi connectivity index (χ0v) is 14.1. The number of likely N-dealkylation sites (N-methyl/N-ethyl adjacent to an activating group) is 1. The zero-order chi connectivity index (χ0) is 15.5. The van der Waals surface area contributed by atoms with Crippen LogP contribution in [0.15, 0.2) is 0 Å². The molecule has 0 aliphatic heterocycles. The smallest absolute Gasteiger partial charge is 0.259 e. The molecule has 0 fully saturated rings. The van der Waals surface area contributed by atoms with Gasteiger partial charge in [0.1, 0.15) is 0 Å². The quantitative estimate of drug-likeness (QED) is 0.448. The Bertz CT molecular complexity index is 273. The van der Waals surface area contributed by atoms with Gasteiger partial charge in [-0.05, 0) is 34.7 Å². The van der Waals surface area contributed by atoms with E-state index in [-0.39, 0.29) is 24.7 Å². The van der Waals surface area contributed by atoms with Gasteiger partial charge in [0.25, 0.3) is 8.53 Å². The van der Waals surface area contributed by atoms with Crippen molar-refractivity contribution in [1.29, 1.82) is 5.26 Å². The first-order chi connectivity index (χ1) is 9.47. The SMILES string of the molecule is CNC(CO)COP(OCCC#N)N(C(C)C)C(C)C. The van der Waals surface area contributed by atoms with Gasteiger partial charge < -0.3 is 19.5 Å². The van der Waals surface area contributed by atoms with E-state index in [0.717, 1.165) is 0 Å². The highest BCUT2D eigenvalue weighted by molar-refractivity contribution is 7.44. The molecule has 6 nitrogen and oxygen atoms in total. The summed E-state index contributed by atoms with van der Waals surface area (Å²) < 4.78 is 13.8. The monoisotopic (exact) mass is 305 g/mol. The fourth-order valence-corrected chi connectivity index (χ4v) is 3.34. The molecule has 0 rings (SSSR count). The van der Waals surface area contributed by atoms with Crippen molar-refractivity contribution in [3.8, 4) is 6.07 Å². The van der Waals surface area contributed by atoms with Crippen LogP contribution in [-0.2, 0) is 9.05 Å². The highest BCUT2D eigenvalue weighted by atomic mass is 31.2. The van der Waals surface area contributed by atoms with Gasteiger partial charge in [-0.2, -0.15) is 5.26 Å². The van der Waals surface area contributed by atoms with Gasteiger partial charge in [0.2, 0.25) is 0 Å². The second-order valence-electron chi connectivity index (χ2n) is 5.01. The van der Waals surface area contributed by atoms with E-state index < -0.39 is 8.53 Å². The summed E-state index contributed by atoms with van der Waals surface area (Å²) in [6.45, 7) is 9.12. The van der Waals surface area contributed by atoms with Gasteiger partial charge in [-0.25, -0.2) is 4.67 Å². The van der Waals surface area contributed by atoms with Gasteiger partial charge in [0.05, 0.1) is 38.4 Å². The summed E-state index contributed by atoms with van der Waals surface area (Å²) in [5, 5.41) is 20.8. The molecule has 0 aromatic carbocycles. The maximum atomic E-state index is 9.18. The topological polar surface area (TPSA) is 77.7 Å². The molecular weight excluding hydrogens is 277 g/mol. The molecule has 2 unspecified atom stereocenters. The molecule has 2 N–H and O–H groups in total. The fraction of sp³-hybridized carbons (Fsp3) is 0.923. The van der Waals surface area contributed by atoms with E-state index in [1.807, 2.05) is 0 Å². The molecule has 0 heterocycles. The fourth-order valence-electron chi connectivity index (χ4n) is 1.69. The van der Waals surface area contributed by atoms with Crippen LogP contribution in [-0.4, -0.2) is 54.8 Å². The van der Waals surface area contributed by atoms with Crippen LogP contribution in [0, 0.1) is 11.3 Å². The van der Waals surface area contributed by atoms with Crippen molar-refractivity contribution in [2.24, 2.45) is 0 Å². The molecule has 2 atom stereocenters. The van der Waals surface area contributed by atoms with Crippen LogP contribution in [0.4, 0.5) is 0 Å². The Kier molecular flexibility index (Phi) is 11.2. The minimum Gasteiger partial charge on any atom is -0.395 e. The van der Waals surface area contributed by atoms with Gasteiger partial charge in [0.15, 0.2) is 0 Å². The third kappa shape index (κ3) is 7.49. The van der Waals surface area contributed by atoms with E-state index in [2.05, 4.69) is 43.8 Å². The van der Waals surface area contributed by atoms with Crippen molar-refractivity contribution in [3.05, 3.63) is 0 Å². The van der Waals surface area contributed by atoms with E-state index in [9.17, 15) is 5.11 Å². The Balaban J connectivity index is 4.64. The van der Waals surface area contributed by atoms with Crippen molar-refractivity contribution in [3.63, 3.8) is 0 Å². The number of aliphatic hydroxyl groups excluding tert-OH is 1. The largest absolute Gasteiger partial charge is 0.395 e. The van der Waals surface area contributed by atoms with E-state index in [1.54, 1.807) is 7.05 Å². The molecule has 20 heavy (non-hydrogen) atoms. The molecular formula is C13H28N3O3P. The molecule has 0 saturated carbocycles. The number of rotatable bonds is 11. The summed E-state index contributed by atoms with van der Waals surface area (Å²) in [7, 11) is 0.556. The Morgan fingerprint density at radius 2 is 1.85 bits per heavy atom. The average molecular weight is 305 g/mol. The summed E-state index contributed by atoms with van der Waals surface area (Å²) >= 11 is 0. The number of nitrogens with one attached hydrogen (secondary N) is 1. The molecule has 0 bridgehead atoms. The minimum atomic E-state index is -1.23. The van der Waals surface area contributed by atoms with E-state index in [4.69, 9.17) is 14.3 Å². The molecule has 0 amide bonds. The van der Waals surface area contributed by atoms with Crippen LogP contribution in [0.3, 0.4) is 0 Å². The van der Waals surface area contributed by atoms with Crippen molar-refractivity contribution < 1.29 is 14.2 Å². The lowest BCUT2D eigenvalue weighted by Gasteiger charge is -2.36. The lowest BCUT2D eigenvalue weighted by Crippen LogP contribution is -2.37. The molecule has 0 saturated heterocycles. The molecule has 0 radical (unpaired) electrons. The number of hydrogen-bond acceptors (Lipinski definition) is 6. The predicted molar refractivity (Wildman–Crippen MR) is 81.1 cm³/mol. The third-order valence-corrected chi connectivity index (χ3v) is 4.75. The van der Waals surface area contributed by atoms with Crippen LogP contribution >= 0.6 is 8.53 Å². The molecule has 0 aliphatic rings. The standard InChI is InChI=1S/C13H28N3O3P/c1-11(2)16(12(3)4)20(18-8-6-7-14)19-10-13(9-17)15-5/h11-13,15,17H,6,8-10H2,1-5H3. The zero-order valence-electron chi connectivity index (χ0n) is 13.2. The highest BCUT2D eigenvalue weighted by Gasteiger charge is 2.27. The summed E-state index contributed by atoms with van der Waals surface area (Å²) in [6, 6.07) is 2.52. The van der Waals surface area contributed by atoms with Crippen molar-refractivity contribution in [1.82, 2.24) is 9.99 Å². The second-order valence-corrected chi connectivity index (χ2v) is 6.46. The van der Waals surface area contributed by atoms with Gasteiger partial charge in [-0.1, -0.05) is 0 Å². The van der Waals surface area contributed by atoms with Crippen molar-refractivity contribution >= 4 is 8.53 Å². The Morgan fingerprint density at radius 3 is 2.25 bits per heavy atom. The highest BCUT2D eigenvalue weighted by Crippen LogP contribution is 2.45. The molecule has 0 spiro atoms. The lowest BCUT2D eigenvalue weighted by molar-refractivity contribution is 0.145. The predicted octanol–water partition coefficient (Wildman–Crippen LogP) is 1.86. The molecule has 0 aromatic heterocycles. The van der Waals surface area contributed by atoms with Crippen LogP contribution in [0.1, 0.15) is 34.1 Å². The molecule has 7 heteroatoms. The Labute approximate surface area is 124 Å². The van der Waals surface area contributed by atoms with Gasteiger partial charge in [-0.3, -0.25) is 0 Å². The van der Waals surface area contributed by atoms with Gasteiger partial charge >= 0.3 is 0 Å². The number of aliphatic hydroxyl groups is 1. The number of nitrogens with zero attached hydrogens (tertiary/aromatic N) is 2. The van der Waals surface area contributed by atoms with Crippen LogP contribution < -0.4 is 5.32 Å². The van der Waals surface area contributed by atoms with Crippen LogP contribution in [0.25, 0.3) is 0 Å². The van der Waals surface area contributed by atoms with Crippen molar-refractivity contribution in [2.45, 2.75) is 52.2 Å². The first-order valence-electron chi connectivity index (χ1n) is 6.97. The number of hydrogen-bond donors (Lipinski definition) is 2. The lowest BCUT2D eigenvalue weighted by atomic mass is 10.3. The van der Waals surface area contributed by atoms with Crippen LogP contribution in [0.2, 0.25) is 0 Å². The normalized spacial score (nSPS) is 14.8. The van der Waals surface area contributed by atoms with E-state index in [0.29, 0.717) is 19.6 Å². The number of nitriles is 1. The summed E-state index contributed by atoms with van der Waals surface area (Å²) in [5.74, 6) is 0. The molecule has 0 aromatic rings. The third-order valence-electron chi connectivity index (χ3n) is 2.68. The first-order valence-corrected chi connectivity index (χ1v) is 8.10. The summed E-state index contributed by atoms with van der Waals surface area (Å²) in [4.78, 5) is 0. The second kappa shape index (κ2) is 11.4. The molecule has 118 valence electrons. The van der Waals surface area contributed by atoms with Crippen molar-refractivity contribution in [2.75, 3.05) is 26.9 Å². The van der Waals surface area contributed by atoms with Gasteiger partial charge in [-0.15, -0.1) is 0 Å². The van der Waals surface area contributed by atoms with E-state index >= 15 is 0 Å². The van der Waals surface area contributed by atoms with Crippen LogP contribution in [0.5, 0.6) is 0 Å². The Morgan fingerprint density at radius 1 is 1.25 bits per heavy atom. The summed E-state index contributed by atoms with van der Waals surface area (Å²) in [5.41, 5.74) is 0. The average Bonchev–Trinajstić information content (AvgIpc) is 2.38. The maximum Gasteiger partial charge on any atom is 0.259 e. The Hall–Kier alpha value is -0.280. The first kappa shape index (κ1) is 19.7.